The molecular weight excluding hydrogens is 156 g/mol. The Hall–Kier alpha value is -1.25. The monoisotopic (exact) mass is 170 g/mol. The lowest BCUT2D eigenvalue weighted by atomic mass is 10.4. The van der Waals surface area contributed by atoms with Crippen LogP contribution in [0.3, 0.4) is 0 Å². The van der Waals surface area contributed by atoms with Gasteiger partial charge in [0.2, 0.25) is 0 Å². The third kappa shape index (κ3) is 5.53. The van der Waals surface area contributed by atoms with E-state index in [1.807, 2.05) is 6.92 Å². The second kappa shape index (κ2) is 6.46. The van der Waals surface area contributed by atoms with E-state index in [4.69, 9.17) is 9.47 Å². The summed E-state index contributed by atoms with van der Waals surface area (Å²) in [6.45, 7) is 7.53. The summed E-state index contributed by atoms with van der Waals surface area (Å²) in [5, 5.41) is 0. The number of esters is 1. The molecule has 0 aromatic heterocycles. The quantitative estimate of drug-likeness (QED) is 0.272. The zero-order valence-electron chi connectivity index (χ0n) is 7.50. The summed E-state index contributed by atoms with van der Waals surface area (Å²) in [6.07, 6.45) is 3.31. The van der Waals surface area contributed by atoms with E-state index in [1.54, 1.807) is 19.3 Å². The zero-order valence-corrected chi connectivity index (χ0v) is 7.50. The first-order valence-corrected chi connectivity index (χ1v) is 3.74. The lowest BCUT2D eigenvalue weighted by Gasteiger charge is -2.03. The van der Waals surface area contributed by atoms with Gasteiger partial charge >= 0.3 is 5.97 Å². The number of ether oxygens (including phenoxy) is 2. The molecule has 0 heterocycles. The molecule has 0 bridgehead atoms. The molecule has 3 nitrogen and oxygen atoms in total. The molecule has 0 atom stereocenters. The van der Waals surface area contributed by atoms with Gasteiger partial charge in [-0.25, -0.2) is 4.79 Å². The van der Waals surface area contributed by atoms with Crippen molar-refractivity contribution in [3.05, 3.63) is 24.5 Å². The molecule has 12 heavy (non-hydrogen) atoms. The van der Waals surface area contributed by atoms with E-state index < -0.39 is 0 Å². The lowest BCUT2D eigenvalue weighted by Crippen LogP contribution is -2.09. The molecule has 0 aliphatic carbocycles. The predicted molar refractivity (Wildman–Crippen MR) is 46.5 cm³/mol. The van der Waals surface area contributed by atoms with Crippen molar-refractivity contribution < 1.29 is 14.3 Å². The van der Waals surface area contributed by atoms with E-state index in [0.29, 0.717) is 12.2 Å². The topological polar surface area (TPSA) is 35.5 Å². The normalized spacial score (nSPS) is 9.83. The van der Waals surface area contributed by atoms with Gasteiger partial charge < -0.3 is 9.47 Å². The SMILES string of the molecule is C=C(C)C(=O)OCCO/C=C/C. The highest BCUT2D eigenvalue weighted by Gasteiger charge is 2.00. The second-order valence-corrected chi connectivity index (χ2v) is 2.26. The molecule has 68 valence electrons. The summed E-state index contributed by atoms with van der Waals surface area (Å²) in [4.78, 5) is 10.8. The van der Waals surface area contributed by atoms with Crippen LogP contribution in [0.25, 0.3) is 0 Å². The number of hydrogen-bond donors (Lipinski definition) is 0. The summed E-state index contributed by atoms with van der Waals surface area (Å²) in [5.74, 6) is -0.376. The largest absolute Gasteiger partial charge is 0.498 e. The van der Waals surface area contributed by atoms with Gasteiger partial charge in [0.25, 0.3) is 0 Å². The molecule has 0 aromatic rings. The Labute approximate surface area is 72.7 Å². The maximum absolute atomic E-state index is 10.8. The minimum absolute atomic E-state index is 0.260. The Morgan fingerprint density at radius 3 is 2.67 bits per heavy atom. The van der Waals surface area contributed by atoms with Crippen molar-refractivity contribution in [1.82, 2.24) is 0 Å². The third-order valence-corrected chi connectivity index (χ3v) is 1.02. The molecule has 3 heteroatoms. The molecule has 0 unspecified atom stereocenters. The maximum atomic E-state index is 10.8. The van der Waals surface area contributed by atoms with Gasteiger partial charge in [-0.15, -0.1) is 0 Å². The lowest BCUT2D eigenvalue weighted by molar-refractivity contribution is -0.139. The van der Waals surface area contributed by atoms with Crippen molar-refractivity contribution in [2.75, 3.05) is 13.2 Å². The molecule has 0 spiro atoms. The molecular formula is C9H14O3. The van der Waals surface area contributed by atoms with Crippen molar-refractivity contribution in [3.63, 3.8) is 0 Å². The van der Waals surface area contributed by atoms with Gasteiger partial charge in [0.15, 0.2) is 0 Å². The Morgan fingerprint density at radius 2 is 2.17 bits per heavy atom. The number of rotatable bonds is 5. The van der Waals surface area contributed by atoms with Crippen LogP contribution in [0.1, 0.15) is 13.8 Å². The minimum Gasteiger partial charge on any atom is -0.498 e. The minimum atomic E-state index is -0.376. The van der Waals surface area contributed by atoms with E-state index in [9.17, 15) is 4.79 Å². The van der Waals surface area contributed by atoms with E-state index in [1.165, 1.54) is 0 Å². The van der Waals surface area contributed by atoms with Crippen molar-refractivity contribution in [1.29, 1.82) is 0 Å². The highest BCUT2D eigenvalue weighted by Crippen LogP contribution is 1.91. The van der Waals surface area contributed by atoms with Crippen LogP contribution in [0.4, 0.5) is 0 Å². The Kier molecular flexibility index (Phi) is 5.79. The molecule has 0 saturated heterocycles. The van der Waals surface area contributed by atoms with Crippen molar-refractivity contribution in [2.24, 2.45) is 0 Å². The average Bonchev–Trinajstić information content (AvgIpc) is 2.03. The number of hydrogen-bond acceptors (Lipinski definition) is 3. The molecule has 0 saturated carbocycles. The van der Waals surface area contributed by atoms with Crippen LogP contribution in [0, 0.1) is 0 Å². The van der Waals surface area contributed by atoms with Crippen LogP contribution in [-0.4, -0.2) is 19.2 Å². The molecule has 0 fully saturated rings. The van der Waals surface area contributed by atoms with Gasteiger partial charge in [-0.3, -0.25) is 0 Å². The smallest absolute Gasteiger partial charge is 0.333 e. The Bertz CT molecular complexity index is 182. The first-order chi connectivity index (χ1) is 5.68. The summed E-state index contributed by atoms with van der Waals surface area (Å²) in [7, 11) is 0. The fraction of sp³-hybridized carbons (Fsp3) is 0.444. The van der Waals surface area contributed by atoms with Gasteiger partial charge in [0, 0.05) is 5.57 Å². The average molecular weight is 170 g/mol. The molecule has 0 rings (SSSR count). The van der Waals surface area contributed by atoms with Crippen molar-refractivity contribution in [3.8, 4) is 0 Å². The highest BCUT2D eigenvalue weighted by molar-refractivity contribution is 5.86. The fourth-order valence-corrected chi connectivity index (χ4v) is 0.470. The van der Waals surface area contributed by atoms with Crippen LogP contribution >= 0.6 is 0 Å². The fourth-order valence-electron chi connectivity index (χ4n) is 0.470. The van der Waals surface area contributed by atoms with Crippen LogP contribution < -0.4 is 0 Å². The summed E-state index contributed by atoms with van der Waals surface area (Å²) < 4.78 is 9.68. The van der Waals surface area contributed by atoms with E-state index >= 15 is 0 Å². The van der Waals surface area contributed by atoms with E-state index in [0.717, 1.165) is 0 Å². The third-order valence-electron chi connectivity index (χ3n) is 1.02. The summed E-state index contributed by atoms with van der Waals surface area (Å²) >= 11 is 0. The Balaban J connectivity index is 3.32. The first kappa shape index (κ1) is 10.8. The standard InChI is InChI=1S/C9H14O3/c1-4-5-11-6-7-12-9(10)8(2)3/h4-5H,2,6-7H2,1,3H3/b5-4+. The molecule has 0 aliphatic rings. The van der Waals surface area contributed by atoms with Gasteiger partial charge in [-0.1, -0.05) is 12.7 Å². The summed E-state index contributed by atoms with van der Waals surface area (Å²) in [6, 6.07) is 0. The van der Waals surface area contributed by atoms with Crippen molar-refractivity contribution >= 4 is 5.97 Å². The number of allylic oxidation sites excluding steroid dienone is 1. The molecule has 0 radical (unpaired) electrons. The van der Waals surface area contributed by atoms with E-state index in [-0.39, 0.29) is 12.6 Å². The molecule has 0 amide bonds. The highest BCUT2D eigenvalue weighted by atomic mass is 16.6. The number of carbonyl (C=O) groups is 1. The molecule has 0 aliphatic heterocycles. The Morgan fingerprint density at radius 1 is 1.50 bits per heavy atom. The number of carbonyl (C=O) groups excluding carboxylic acids is 1. The van der Waals surface area contributed by atoms with Crippen LogP contribution in [-0.2, 0) is 14.3 Å². The van der Waals surface area contributed by atoms with Gasteiger partial charge in [-0.05, 0) is 13.8 Å². The maximum Gasteiger partial charge on any atom is 0.333 e. The van der Waals surface area contributed by atoms with Gasteiger partial charge in [0.05, 0.1) is 6.26 Å². The van der Waals surface area contributed by atoms with Crippen LogP contribution in [0.5, 0.6) is 0 Å². The second-order valence-electron chi connectivity index (χ2n) is 2.26. The van der Waals surface area contributed by atoms with Crippen LogP contribution in [0.15, 0.2) is 24.5 Å². The predicted octanol–water partition coefficient (Wildman–Crippen LogP) is 1.66. The van der Waals surface area contributed by atoms with Gasteiger partial charge in [-0.2, -0.15) is 0 Å². The van der Waals surface area contributed by atoms with E-state index in [2.05, 4.69) is 6.58 Å². The zero-order chi connectivity index (χ0) is 9.40. The molecule has 0 aromatic carbocycles. The van der Waals surface area contributed by atoms with Gasteiger partial charge in [0.1, 0.15) is 13.2 Å². The summed E-state index contributed by atoms with van der Waals surface area (Å²) in [5.41, 5.74) is 0.404. The van der Waals surface area contributed by atoms with Crippen LogP contribution in [0.2, 0.25) is 0 Å². The van der Waals surface area contributed by atoms with Crippen molar-refractivity contribution in [2.45, 2.75) is 13.8 Å². The first-order valence-electron chi connectivity index (χ1n) is 3.74. The molecule has 0 N–H and O–H groups in total.